The summed E-state index contributed by atoms with van der Waals surface area (Å²) >= 11 is 0. The van der Waals surface area contributed by atoms with Gasteiger partial charge in [0.1, 0.15) is 5.75 Å². The van der Waals surface area contributed by atoms with Crippen molar-refractivity contribution in [1.82, 2.24) is 5.32 Å². The molecule has 4 rings (SSSR count). The van der Waals surface area contributed by atoms with Crippen LogP contribution in [-0.2, 0) is 11.3 Å². The Hall–Kier alpha value is -3.54. The van der Waals surface area contributed by atoms with Gasteiger partial charge in [0.05, 0.1) is 24.9 Å². The van der Waals surface area contributed by atoms with Crippen molar-refractivity contribution in [3.63, 3.8) is 0 Å². The van der Waals surface area contributed by atoms with Crippen LogP contribution in [0.2, 0.25) is 0 Å². The summed E-state index contributed by atoms with van der Waals surface area (Å²) in [4.78, 5) is 16.9. The Morgan fingerprint density at radius 3 is 2.70 bits per heavy atom. The maximum absolute atomic E-state index is 12.0. The molecule has 2 unspecified atom stereocenters. The number of phenols is 1. The first-order valence-corrected chi connectivity index (χ1v) is 11.5. The van der Waals surface area contributed by atoms with Crippen molar-refractivity contribution in [2.75, 3.05) is 12.4 Å². The number of nitrogens with zero attached hydrogens (tertiary/aromatic N) is 1. The van der Waals surface area contributed by atoms with Crippen LogP contribution in [0.15, 0.2) is 65.7 Å². The largest absolute Gasteiger partial charge is 0.506 e. The Kier molecular flexibility index (Phi) is 7.13. The lowest BCUT2D eigenvalue weighted by molar-refractivity contribution is 0.0601. The molecule has 3 N–H and O–H groups in total. The molecular weight excluding hydrogens is 414 g/mol. The van der Waals surface area contributed by atoms with Gasteiger partial charge in [-0.2, -0.15) is 0 Å². The molecular formula is C27H31N3O3. The Morgan fingerprint density at radius 2 is 1.88 bits per heavy atom. The summed E-state index contributed by atoms with van der Waals surface area (Å²) < 4.78 is 4.82. The van der Waals surface area contributed by atoms with Crippen LogP contribution < -0.4 is 10.6 Å². The van der Waals surface area contributed by atoms with Crippen molar-refractivity contribution in [2.24, 2.45) is 10.9 Å². The van der Waals surface area contributed by atoms with Crippen LogP contribution in [0.5, 0.6) is 5.75 Å². The number of hydrogen-bond acceptors (Lipinski definition) is 4. The van der Waals surface area contributed by atoms with E-state index in [1.807, 2.05) is 18.2 Å². The van der Waals surface area contributed by atoms with Crippen molar-refractivity contribution in [3.8, 4) is 5.75 Å². The molecule has 172 valence electrons. The molecule has 0 aliphatic heterocycles. The van der Waals surface area contributed by atoms with E-state index in [4.69, 9.17) is 9.73 Å². The summed E-state index contributed by atoms with van der Waals surface area (Å²) in [7, 11) is 1.34. The zero-order valence-electron chi connectivity index (χ0n) is 19.2. The molecule has 3 aromatic carbocycles. The molecule has 1 saturated carbocycles. The zero-order valence-corrected chi connectivity index (χ0v) is 19.2. The molecule has 0 radical (unpaired) electrons. The highest BCUT2D eigenvalue weighted by Crippen LogP contribution is 2.27. The minimum absolute atomic E-state index is 0.0407. The molecule has 0 aromatic heterocycles. The molecule has 1 fully saturated rings. The van der Waals surface area contributed by atoms with E-state index in [0.717, 1.165) is 12.0 Å². The van der Waals surface area contributed by atoms with Crippen LogP contribution in [0.25, 0.3) is 10.8 Å². The van der Waals surface area contributed by atoms with E-state index < -0.39 is 5.97 Å². The predicted molar refractivity (Wildman–Crippen MR) is 133 cm³/mol. The summed E-state index contributed by atoms with van der Waals surface area (Å²) in [6, 6.07) is 19.4. The van der Waals surface area contributed by atoms with Gasteiger partial charge < -0.3 is 20.5 Å². The normalized spacial score (nSPS) is 18.7. The third-order valence-electron chi connectivity index (χ3n) is 6.39. The van der Waals surface area contributed by atoms with Crippen LogP contribution in [-0.4, -0.2) is 30.2 Å². The van der Waals surface area contributed by atoms with Crippen molar-refractivity contribution in [2.45, 2.75) is 45.2 Å². The zero-order chi connectivity index (χ0) is 23.2. The van der Waals surface area contributed by atoms with E-state index in [1.54, 1.807) is 6.07 Å². The van der Waals surface area contributed by atoms with Gasteiger partial charge in [0.2, 0.25) is 0 Å². The van der Waals surface area contributed by atoms with Gasteiger partial charge in [-0.15, -0.1) is 0 Å². The quantitative estimate of drug-likeness (QED) is 0.210. The molecule has 0 amide bonds. The van der Waals surface area contributed by atoms with Gasteiger partial charge in [-0.1, -0.05) is 62.2 Å². The average molecular weight is 446 g/mol. The molecule has 3 aromatic rings. The number of carbonyl (C=O) groups is 1. The number of aromatic hydroxyl groups is 1. The molecule has 2 atom stereocenters. The highest BCUT2D eigenvalue weighted by atomic mass is 16.5. The molecule has 1 aliphatic rings. The lowest BCUT2D eigenvalue weighted by atomic mass is 9.86. The maximum Gasteiger partial charge on any atom is 0.337 e. The minimum Gasteiger partial charge on any atom is -0.506 e. The van der Waals surface area contributed by atoms with E-state index in [0.29, 0.717) is 35.7 Å². The summed E-state index contributed by atoms with van der Waals surface area (Å²) in [5.41, 5.74) is 1.89. The van der Waals surface area contributed by atoms with Gasteiger partial charge in [-0.05, 0) is 53.3 Å². The van der Waals surface area contributed by atoms with Crippen LogP contribution in [0, 0.1) is 5.92 Å². The predicted octanol–water partition coefficient (Wildman–Crippen LogP) is 5.47. The number of esters is 1. The van der Waals surface area contributed by atoms with Crippen molar-refractivity contribution in [3.05, 3.63) is 71.8 Å². The molecule has 1 aliphatic carbocycles. The number of nitrogens with one attached hydrogen (secondary N) is 2. The molecule has 6 nitrogen and oxygen atoms in total. The first-order chi connectivity index (χ1) is 16.0. The van der Waals surface area contributed by atoms with Crippen LogP contribution in [0.1, 0.15) is 48.5 Å². The Bertz CT molecular complexity index is 1150. The van der Waals surface area contributed by atoms with Crippen molar-refractivity contribution < 1.29 is 14.6 Å². The Morgan fingerprint density at radius 1 is 1.09 bits per heavy atom. The smallest absolute Gasteiger partial charge is 0.337 e. The van der Waals surface area contributed by atoms with Gasteiger partial charge >= 0.3 is 5.97 Å². The lowest BCUT2D eigenvalue weighted by Gasteiger charge is -2.31. The number of anilines is 1. The SMILES string of the molecule is COC(=O)c1ccc(O)c(NC(=NCc2cccc3ccccc23)NC2CCCCC2C)c1. The van der Waals surface area contributed by atoms with E-state index >= 15 is 0 Å². The number of aliphatic imine (C=N–C) groups is 1. The number of rotatable bonds is 5. The van der Waals surface area contributed by atoms with Crippen molar-refractivity contribution >= 4 is 28.4 Å². The highest BCUT2D eigenvalue weighted by molar-refractivity contribution is 5.98. The van der Waals surface area contributed by atoms with Gasteiger partial charge in [0.25, 0.3) is 0 Å². The standard InChI is InChI=1S/C27H31N3O3/c1-18-8-3-6-13-23(18)29-27(30-24-16-20(26(32)33-2)14-15-25(24)31)28-17-21-11-7-10-19-9-4-5-12-22(19)21/h4-5,7,9-12,14-16,18,23,31H,3,6,8,13,17H2,1-2H3,(H2,28,29,30). The van der Waals surface area contributed by atoms with Crippen LogP contribution in [0.4, 0.5) is 5.69 Å². The number of methoxy groups -OCH3 is 1. The summed E-state index contributed by atoms with van der Waals surface area (Å²) in [5.74, 6) is 0.692. The van der Waals surface area contributed by atoms with E-state index in [2.05, 4.69) is 41.8 Å². The van der Waals surface area contributed by atoms with Crippen molar-refractivity contribution in [1.29, 1.82) is 0 Å². The molecule has 0 spiro atoms. The fraction of sp³-hybridized carbons (Fsp3) is 0.333. The van der Waals surface area contributed by atoms with Gasteiger partial charge in [0, 0.05) is 6.04 Å². The number of phenolic OH excluding ortho intramolecular Hbond substituents is 1. The molecule has 0 saturated heterocycles. The summed E-state index contributed by atoms with van der Waals surface area (Å²) in [5, 5.41) is 19.6. The van der Waals surface area contributed by atoms with Crippen LogP contribution in [0.3, 0.4) is 0 Å². The van der Waals surface area contributed by atoms with Gasteiger partial charge in [-0.3, -0.25) is 0 Å². The third kappa shape index (κ3) is 5.45. The fourth-order valence-electron chi connectivity index (χ4n) is 4.43. The highest BCUT2D eigenvalue weighted by Gasteiger charge is 2.22. The minimum atomic E-state index is -0.457. The number of guanidine groups is 1. The van der Waals surface area contributed by atoms with Gasteiger partial charge in [0.15, 0.2) is 5.96 Å². The Labute approximate surface area is 194 Å². The lowest BCUT2D eigenvalue weighted by Crippen LogP contribution is -2.44. The number of benzene rings is 3. The number of hydrogen-bond donors (Lipinski definition) is 3. The van der Waals surface area contributed by atoms with Crippen LogP contribution >= 0.6 is 0 Å². The number of carbonyl (C=O) groups excluding carboxylic acids is 1. The van der Waals surface area contributed by atoms with E-state index in [1.165, 1.54) is 49.3 Å². The number of fused-ring (bicyclic) bond motifs is 1. The maximum atomic E-state index is 12.0. The third-order valence-corrected chi connectivity index (χ3v) is 6.39. The summed E-state index contributed by atoms with van der Waals surface area (Å²) in [6.07, 6.45) is 4.68. The second-order valence-electron chi connectivity index (χ2n) is 8.66. The first kappa shape index (κ1) is 22.6. The fourth-order valence-corrected chi connectivity index (χ4v) is 4.43. The average Bonchev–Trinajstić information content (AvgIpc) is 2.84. The van der Waals surface area contributed by atoms with Gasteiger partial charge in [-0.25, -0.2) is 9.79 Å². The molecule has 6 heteroatoms. The van der Waals surface area contributed by atoms with E-state index in [-0.39, 0.29) is 5.75 Å². The monoisotopic (exact) mass is 445 g/mol. The van der Waals surface area contributed by atoms with E-state index in [9.17, 15) is 9.90 Å². The molecule has 0 heterocycles. The second-order valence-corrected chi connectivity index (χ2v) is 8.66. The topological polar surface area (TPSA) is 83.0 Å². The summed E-state index contributed by atoms with van der Waals surface area (Å²) in [6.45, 7) is 2.74. The second kappa shape index (κ2) is 10.4. The molecule has 0 bridgehead atoms. The number of ether oxygens (including phenoxy) is 1. The first-order valence-electron chi connectivity index (χ1n) is 11.5. The molecule has 33 heavy (non-hydrogen) atoms. The Balaban J connectivity index is 1.64.